The molecular weight excluding hydrogens is 870 g/mol. The predicted molar refractivity (Wildman–Crippen MR) is 231 cm³/mol. The topological polar surface area (TPSA) is 430 Å². The first-order valence-electron chi connectivity index (χ1n) is 19.5. The number of aliphatic hydroxyl groups excluding tert-OH is 5. The van der Waals surface area contributed by atoms with Crippen LogP contribution in [0, 0.1) is 5.41 Å². The van der Waals surface area contributed by atoms with E-state index in [0.29, 0.717) is 43.2 Å². The first-order valence-corrected chi connectivity index (χ1v) is 19.5. The summed E-state index contributed by atoms with van der Waals surface area (Å²) in [6, 6.07) is 5.70. The van der Waals surface area contributed by atoms with Crippen molar-refractivity contribution < 1.29 is 98.2 Å². The number of hydrogen-bond acceptors (Lipinski definition) is 20. The number of epoxide rings is 2. The number of aliphatic imine (C=N–C) groups is 2. The number of carbonyl (C=O) groups excluding carboxylic acids is 6. The van der Waals surface area contributed by atoms with Crippen molar-refractivity contribution in [3.63, 3.8) is 0 Å². The van der Waals surface area contributed by atoms with Gasteiger partial charge in [0.25, 0.3) is 0 Å². The Balaban J connectivity index is -0.000000155. The minimum Gasteiger partial charge on any atom is -0.481 e. The van der Waals surface area contributed by atoms with Gasteiger partial charge in [0.15, 0.2) is 0 Å². The van der Waals surface area contributed by atoms with Crippen molar-refractivity contribution in [3.8, 4) is 0 Å². The van der Waals surface area contributed by atoms with Crippen LogP contribution in [-0.2, 0) is 43.0 Å². The van der Waals surface area contributed by atoms with Crippen molar-refractivity contribution in [1.82, 2.24) is 4.90 Å². The number of carboxylic acids is 3. The van der Waals surface area contributed by atoms with E-state index in [9.17, 15) is 33.6 Å². The van der Waals surface area contributed by atoms with Crippen LogP contribution in [-0.4, -0.2) is 193 Å². The highest BCUT2D eigenvalue weighted by atomic mass is 16.6. The smallest absolute Gasteiger partial charge is 0.346 e. The zero-order valence-corrected chi connectivity index (χ0v) is 37.5. The number of esters is 2. The van der Waals surface area contributed by atoms with Crippen LogP contribution in [0.3, 0.4) is 0 Å². The highest BCUT2D eigenvalue weighted by Crippen LogP contribution is 2.18. The van der Waals surface area contributed by atoms with Gasteiger partial charge in [0.1, 0.15) is 12.2 Å². The molecule has 4 rings (SSSR count). The number of isocyanates is 2. The molecule has 2 amide bonds. The summed E-state index contributed by atoms with van der Waals surface area (Å²) < 4.78 is 13.6. The molecule has 25 heteroatoms. The average molecular weight is 940 g/mol. The molecule has 0 aliphatic carbocycles. The highest BCUT2D eigenvalue weighted by molar-refractivity contribution is 6.14. The zero-order valence-electron chi connectivity index (χ0n) is 37.5. The molecule has 2 saturated heterocycles. The first-order chi connectivity index (χ1) is 30.7. The second-order valence-electron chi connectivity index (χ2n) is 12.9. The normalized spacial score (nSPS) is 12.4. The second kappa shape index (κ2) is 52.5. The Morgan fingerprint density at radius 3 is 1.26 bits per heavy atom. The Bertz CT molecular complexity index is 1400. The minimum atomic E-state index is -1.39. The van der Waals surface area contributed by atoms with Crippen molar-refractivity contribution in [3.05, 3.63) is 35.4 Å². The van der Waals surface area contributed by atoms with Crippen LogP contribution in [0.4, 0.5) is 4.79 Å². The highest BCUT2D eigenvalue weighted by Gasteiger charge is 2.31. The van der Waals surface area contributed by atoms with Crippen molar-refractivity contribution in [2.24, 2.45) is 26.9 Å². The lowest BCUT2D eigenvalue weighted by Crippen LogP contribution is -2.35. The van der Waals surface area contributed by atoms with E-state index in [1.165, 1.54) is 19.1 Å². The van der Waals surface area contributed by atoms with Gasteiger partial charge in [0.2, 0.25) is 12.2 Å². The molecule has 12 N–H and O–H groups in total. The molecule has 65 heavy (non-hydrogen) atoms. The number of primary amides is 2. The zero-order chi connectivity index (χ0) is 51.5. The number of benzene rings is 1. The molecule has 1 atom stereocenters. The molecule has 0 spiro atoms. The van der Waals surface area contributed by atoms with Crippen molar-refractivity contribution in [1.29, 1.82) is 0 Å². The van der Waals surface area contributed by atoms with Crippen LogP contribution < -0.4 is 11.5 Å². The van der Waals surface area contributed by atoms with Gasteiger partial charge in [-0.05, 0) is 65.8 Å². The Morgan fingerprint density at radius 1 is 0.754 bits per heavy atom. The molecule has 3 aliphatic rings. The fourth-order valence-corrected chi connectivity index (χ4v) is 2.89. The van der Waals surface area contributed by atoms with Crippen molar-refractivity contribution in [2.75, 3.05) is 86.6 Å². The van der Waals surface area contributed by atoms with E-state index in [-0.39, 0.29) is 32.7 Å². The molecule has 3 aliphatic heterocycles. The molecular formula is C40H69N5O20. The number of ether oxygens (including phenoxy) is 3. The Kier molecular flexibility index (Phi) is 57.2. The average Bonchev–Trinajstić information content (AvgIpc) is 4.23. The van der Waals surface area contributed by atoms with Crippen LogP contribution >= 0.6 is 0 Å². The molecule has 0 aromatic heterocycles. The van der Waals surface area contributed by atoms with E-state index in [1.807, 2.05) is 25.8 Å². The summed E-state index contributed by atoms with van der Waals surface area (Å²) in [7, 11) is 3.85. The third kappa shape index (κ3) is 64.9. The number of aliphatic carboxylic acids is 3. The van der Waals surface area contributed by atoms with Gasteiger partial charge in [-0.25, -0.2) is 34.0 Å². The van der Waals surface area contributed by atoms with Crippen LogP contribution in [0.1, 0.15) is 85.9 Å². The molecule has 1 unspecified atom stereocenters. The number of nitrogens with two attached hydrogens (primary N) is 2. The van der Waals surface area contributed by atoms with Crippen molar-refractivity contribution >= 4 is 54.8 Å². The van der Waals surface area contributed by atoms with Gasteiger partial charge in [-0.15, -0.1) is 0 Å². The van der Waals surface area contributed by atoms with Gasteiger partial charge < -0.3 is 76.2 Å². The Morgan fingerprint density at radius 2 is 1.09 bits per heavy atom. The second-order valence-corrected chi connectivity index (χ2v) is 12.9. The van der Waals surface area contributed by atoms with E-state index in [2.05, 4.69) is 37.8 Å². The number of amides is 2. The number of aliphatic hydroxyl groups is 5. The van der Waals surface area contributed by atoms with Crippen LogP contribution in [0.5, 0.6) is 0 Å². The molecule has 3 heterocycles. The summed E-state index contributed by atoms with van der Waals surface area (Å²) in [4.78, 5) is 96.6. The maximum absolute atomic E-state index is 10.8. The summed E-state index contributed by atoms with van der Waals surface area (Å²) in [6.07, 6.45) is 8.40. The summed E-state index contributed by atoms with van der Waals surface area (Å²) in [5.74, 6) is -4.03. The van der Waals surface area contributed by atoms with E-state index >= 15 is 0 Å². The van der Waals surface area contributed by atoms with Gasteiger partial charge in [0, 0.05) is 19.4 Å². The number of urea groups is 1. The molecule has 25 nitrogen and oxygen atoms in total. The van der Waals surface area contributed by atoms with E-state index in [0.717, 1.165) is 52.0 Å². The number of nitrogens with zero attached hydrogens (tertiary/aromatic N) is 3. The van der Waals surface area contributed by atoms with Crippen LogP contribution in [0.25, 0.3) is 0 Å². The maximum atomic E-state index is 10.8. The lowest BCUT2D eigenvalue weighted by atomic mass is 9.94. The minimum absolute atomic E-state index is 0.0628. The molecule has 1 aromatic carbocycles. The number of carbonyl (C=O) groups is 7. The van der Waals surface area contributed by atoms with Gasteiger partial charge in [-0.3, -0.25) is 14.4 Å². The number of carboxylic acid groups (broad SMARTS) is 3. The number of fused-ring (bicyclic) bond motifs is 1. The van der Waals surface area contributed by atoms with Gasteiger partial charge in [-0.1, -0.05) is 25.0 Å². The molecule has 1 aromatic rings. The Hall–Kier alpha value is -5.85. The fourth-order valence-electron chi connectivity index (χ4n) is 2.89. The number of cyclic esters (lactones) is 2. The van der Waals surface area contributed by atoms with Crippen molar-refractivity contribution in [2.45, 2.75) is 71.3 Å². The largest absolute Gasteiger partial charge is 0.481 e. The SMILES string of the molecule is C1CO1.C=O.CC(CO)(CO)C(=O)O.CC1CO1.CN(C)CCO.NC(N)=O.O=C(O)CCCCC(=O)O.O=C1OC(=O)c2ccccc21.O=C=NCCCCCCN=C=O.OCCO. The van der Waals surface area contributed by atoms with Gasteiger partial charge in [-0.2, -0.15) is 0 Å². The number of likely N-dealkylation sites (N-methyl/N-ethyl adjacent to an activating group) is 1. The van der Waals surface area contributed by atoms with Crippen LogP contribution in [0.15, 0.2) is 34.3 Å². The quantitative estimate of drug-likeness (QED) is 0.0227. The monoisotopic (exact) mass is 939 g/mol. The van der Waals surface area contributed by atoms with E-state index in [1.54, 1.807) is 24.3 Å². The molecule has 2 fully saturated rings. The molecule has 0 saturated carbocycles. The number of hydrogen-bond donors (Lipinski definition) is 10. The summed E-state index contributed by atoms with van der Waals surface area (Å²) in [5, 5.41) is 64.8. The predicted octanol–water partition coefficient (Wildman–Crippen LogP) is -0.235. The third-order valence-electron chi connectivity index (χ3n) is 6.57. The van der Waals surface area contributed by atoms with E-state index in [4.69, 9.17) is 55.2 Å². The number of rotatable bonds is 18. The summed E-state index contributed by atoms with van der Waals surface area (Å²) in [6.45, 7) is 9.11. The summed E-state index contributed by atoms with van der Waals surface area (Å²) in [5.41, 5.74) is 7.83. The lowest BCUT2D eigenvalue weighted by Gasteiger charge is -2.17. The van der Waals surface area contributed by atoms with Gasteiger partial charge >= 0.3 is 35.9 Å². The van der Waals surface area contributed by atoms with E-state index < -0.39 is 54.5 Å². The standard InChI is InChI=1S/C8H12N2O2.C8H4O3.C6H10O4.C5H10O4.C4H11NO.C3H6O.C2H6O2.C2H4O.CH4N2O.CH2O/c11-7-9-5-3-1-2-4-6-10-8-12;9-7-5-3-1-2-4-6(5)8(10)11-7;7-5(8)3-1-2-4-6(9)10;1-5(2-6,3-7)4(8)9;1-5(2)3-4-6;1-3-2-4-3;3-1-2-4;1-2-3-1;2-1(3)4;1-2/h1-6H2;1-4H;1-4H2,(H,7,8)(H,9,10);6-7H,2-3H2,1H3,(H,8,9);6H,3-4H2,1-2H3;3H,2H2,1H3;3-4H,1-2H2;1-2H2;(H4,2,3,4);1H2. The molecule has 374 valence electrons. The lowest BCUT2D eigenvalue weighted by molar-refractivity contribution is -0.153. The third-order valence-corrected chi connectivity index (χ3v) is 6.57. The molecule has 0 radical (unpaired) electrons. The first kappa shape index (κ1) is 70.8. The number of unbranched alkanes of at least 4 members (excludes halogenated alkanes) is 4. The maximum Gasteiger partial charge on any atom is 0.346 e. The van der Waals surface area contributed by atoms with Gasteiger partial charge in [0.05, 0.1) is 83.2 Å². The Labute approximate surface area is 377 Å². The molecule has 0 bridgehead atoms. The van der Waals surface area contributed by atoms with Crippen LogP contribution in [0.2, 0.25) is 0 Å². The summed E-state index contributed by atoms with van der Waals surface area (Å²) >= 11 is 0. The fraction of sp³-hybridized carbons (Fsp3) is 0.625.